The maximum Gasteiger partial charge on any atom is 0.422 e. The van der Waals surface area contributed by atoms with Crippen LogP contribution in [0.4, 0.5) is 30.8 Å². The van der Waals surface area contributed by atoms with Crippen molar-refractivity contribution in [3.63, 3.8) is 0 Å². The van der Waals surface area contributed by atoms with E-state index in [1.54, 1.807) is 12.1 Å². The first-order chi connectivity index (χ1) is 24.7. The smallest absolute Gasteiger partial charge is 0.422 e. The van der Waals surface area contributed by atoms with Crippen LogP contribution in [0, 0.1) is 0 Å². The van der Waals surface area contributed by atoms with Crippen molar-refractivity contribution < 1.29 is 46.9 Å². The van der Waals surface area contributed by atoms with Gasteiger partial charge in [0.25, 0.3) is 11.8 Å². The second kappa shape index (κ2) is 16.5. The Bertz CT molecular complexity index is 1760. The van der Waals surface area contributed by atoms with Crippen molar-refractivity contribution in [1.82, 2.24) is 25.6 Å². The Morgan fingerprint density at radius 2 is 1.69 bits per heavy atom. The second-order valence-corrected chi connectivity index (χ2v) is 13.0. The second-order valence-electron chi connectivity index (χ2n) is 12.6. The fourth-order valence-corrected chi connectivity index (χ4v) is 5.82. The topological polar surface area (TPSA) is 194 Å². The van der Waals surface area contributed by atoms with E-state index in [9.17, 15) is 37.5 Å². The van der Waals surface area contributed by atoms with E-state index in [0.717, 1.165) is 19.1 Å². The standard InChI is InChI=1S/C34H37ClF3N7O7/c1-51-29(50)25(13-14-26(47)28(49)39-23-3-2-4-24(46)17-23)41-27(48)19-5-11-22(12-6-19)40-30-42-31(44-32(43-30)52-18-34(36,37)38)45-33(15-16-33)20-7-9-21(35)10-8-20/h5-12,23-25,46H,2-4,13-18H2,1H3,(H,39,49)(H,41,48)(H2,40,42,43,44,45)/t23?,24?,25-/m0/s1. The van der Waals surface area contributed by atoms with E-state index in [1.165, 1.54) is 24.3 Å². The number of alkyl halides is 3. The molecule has 2 aliphatic carbocycles. The first-order valence-electron chi connectivity index (χ1n) is 16.5. The number of hydrogen-bond acceptors (Lipinski definition) is 12. The van der Waals surface area contributed by atoms with Crippen molar-refractivity contribution in [3.8, 4) is 6.01 Å². The number of rotatable bonds is 15. The Kier molecular flexibility index (Phi) is 12.2. The van der Waals surface area contributed by atoms with Crippen molar-refractivity contribution >= 4 is 52.8 Å². The van der Waals surface area contributed by atoms with Gasteiger partial charge in [-0.1, -0.05) is 23.7 Å². The number of Topliss-reactive ketones (excluding diaryl/α,β-unsaturated/α-hetero) is 1. The largest absolute Gasteiger partial charge is 0.467 e. The number of carbonyl (C=O) groups is 4. The quantitative estimate of drug-likeness (QED) is 0.109. The van der Waals surface area contributed by atoms with Crippen molar-refractivity contribution in [3.05, 3.63) is 64.7 Å². The van der Waals surface area contributed by atoms with Crippen LogP contribution in [0.5, 0.6) is 6.01 Å². The van der Waals surface area contributed by atoms with Crippen molar-refractivity contribution in [2.45, 2.75) is 81.3 Å². The molecule has 14 nitrogen and oxygen atoms in total. The molecule has 2 amide bonds. The number of anilines is 3. The lowest BCUT2D eigenvalue weighted by Crippen LogP contribution is -2.44. The summed E-state index contributed by atoms with van der Waals surface area (Å²) in [5, 5.41) is 21.5. The molecule has 0 saturated heterocycles. The van der Waals surface area contributed by atoms with Gasteiger partial charge in [-0.05, 0) is 86.9 Å². The van der Waals surface area contributed by atoms with Crippen LogP contribution in [0.3, 0.4) is 0 Å². The molecule has 2 unspecified atom stereocenters. The number of nitrogens with one attached hydrogen (secondary N) is 4. The number of amides is 2. The Hall–Kier alpha value is -5.03. The van der Waals surface area contributed by atoms with Gasteiger partial charge in [-0.2, -0.15) is 28.1 Å². The fourth-order valence-electron chi connectivity index (χ4n) is 5.69. The first-order valence-corrected chi connectivity index (χ1v) is 16.9. The molecule has 52 heavy (non-hydrogen) atoms. The van der Waals surface area contributed by atoms with Crippen LogP contribution in [-0.4, -0.2) is 81.7 Å². The minimum Gasteiger partial charge on any atom is -0.467 e. The number of esters is 1. The third-order valence-electron chi connectivity index (χ3n) is 8.57. The van der Waals surface area contributed by atoms with Crippen LogP contribution in [0.2, 0.25) is 5.02 Å². The summed E-state index contributed by atoms with van der Waals surface area (Å²) in [5.41, 5.74) is 0.799. The molecule has 0 bridgehead atoms. The van der Waals surface area contributed by atoms with Crippen LogP contribution in [-0.2, 0) is 24.7 Å². The highest BCUT2D eigenvalue weighted by atomic mass is 35.5. The SMILES string of the molecule is COC(=O)[C@H](CCC(=O)C(=O)NC1CCCC(O)C1)NC(=O)c1ccc(Nc2nc(NC3(c4ccc(Cl)cc4)CC3)nc(OCC(F)(F)F)n2)cc1. The molecule has 2 aliphatic rings. The van der Waals surface area contributed by atoms with Gasteiger partial charge in [0.1, 0.15) is 6.04 Å². The molecular formula is C34H37ClF3N7O7. The molecule has 5 N–H and O–H groups in total. The summed E-state index contributed by atoms with van der Waals surface area (Å²) < 4.78 is 48.4. The monoisotopic (exact) mass is 747 g/mol. The van der Waals surface area contributed by atoms with Crippen molar-refractivity contribution in [2.75, 3.05) is 24.4 Å². The van der Waals surface area contributed by atoms with Crippen LogP contribution < -0.4 is 26.0 Å². The van der Waals surface area contributed by atoms with Gasteiger partial charge in [-0.25, -0.2) is 4.79 Å². The molecule has 3 atom stereocenters. The Morgan fingerprint density at radius 3 is 2.33 bits per heavy atom. The van der Waals surface area contributed by atoms with E-state index >= 15 is 0 Å². The number of halogens is 4. The third-order valence-corrected chi connectivity index (χ3v) is 8.82. The molecule has 5 rings (SSSR count). The molecule has 18 heteroatoms. The van der Waals surface area contributed by atoms with Gasteiger partial charge in [-0.15, -0.1) is 0 Å². The number of nitrogens with zero attached hydrogens (tertiary/aromatic N) is 3. The summed E-state index contributed by atoms with van der Waals surface area (Å²) in [4.78, 5) is 62.7. The summed E-state index contributed by atoms with van der Waals surface area (Å²) in [6, 6.07) is 10.7. The Morgan fingerprint density at radius 1 is 1.00 bits per heavy atom. The lowest BCUT2D eigenvalue weighted by atomic mass is 9.93. The van der Waals surface area contributed by atoms with Gasteiger partial charge >= 0.3 is 18.2 Å². The fraction of sp³-hybridized carbons (Fsp3) is 0.441. The predicted octanol–water partition coefficient (Wildman–Crippen LogP) is 4.35. The molecule has 0 spiro atoms. The van der Waals surface area contributed by atoms with Gasteiger partial charge in [0.2, 0.25) is 17.7 Å². The number of ether oxygens (including phenoxy) is 2. The third kappa shape index (κ3) is 10.7. The van der Waals surface area contributed by atoms with Gasteiger partial charge in [0.05, 0.1) is 18.8 Å². The van der Waals surface area contributed by atoms with E-state index in [2.05, 4.69) is 36.2 Å². The van der Waals surface area contributed by atoms with E-state index in [0.29, 0.717) is 42.8 Å². The molecule has 2 saturated carbocycles. The van der Waals surface area contributed by atoms with Crippen LogP contribution in [0.1, 0.15) is 67.3 Å². The molecular weight excluding hydrogens is 711 g/mol. The highest BCUT2D eigenvalue weighted by Crippen LogP contribution is 2.48. The molecule has 2 aromatic carbocycles. The van der Waals surface area contributed by atoms with Gasteiger partial charge in [0.15, 0.2) is 6.61 Å². The van der Waals surface area contributed by atoms with E-state index < -0.39 is 60.0 Å². The average molecular weight is 748 g/mol. The van der Waals surface area contributed by atoms with E-state index in [4.69, 9.17) is 21.1 Å². The average Bonchev–Trinajstić information content (AvgIpc) is 3.89. The normalized spacial score (nSPS) is 18.3. The zero-order valence-corrected chi connectivity index (χ0v) is 28.7. The molecule has 0 radical (unpaired) electrons. The maximum atomic E-state index is 13.0. The highest BCUT2D eigenvalue weighted by Gasteiger charge is 2.45. The number of carbonyl (C=O) groups excluding carboxylic acids is 4. The van der Waals surface area contributed by atoms with Crippen LogP contribution in [0.15, 0.2) is 48.5 Å². The van der Waals surface area contributed by atoms with Crippen molar-refractivity contribution in [1.29, 1.82) is 0 Å². The van der Waals surface area contributed by atoms with Gasteiger partial charge in [0, 0.05) is 28.7 Å². The summed E-state index contributed by atoms with van der Waals surface area (Å²) in [7, 11) is 1.12. The zero-order chi connectivity index (χ0) is 37.5. The molecule has 278 valence electrons. The van der Waals surface area contributed by atoms with Crippen LogP contribution >= 0.6 is 11.6 Å². The predicted molar refractivity (Wildman–Crippen MR) is 181 cm³/mol. The lowest BCUT2D eigenvalue weighted by Gasteiger charge is -2.26. The molecule has 3 aromatic rings. The Balaban J connectivity index is 1.22. The lowest BCUT2D eigenvalue weighted by molar-refractivity contribution is -0.154. The number of hydrogen-bond donors (Lipinski definition) is 5. The molecule has 0 aliphatic heterocycles. The van der Waals surface area contributed by atoms with Crippen LogP contribution in [0.25, 0.3) is 0 Å². The Labute approximate surface area is 301 Å². The number of aliphatic hydroxyl groups excluding tert-OH is 1. The highest BCUT2D eigenvalue weighted by molar-refractivity contribution is 6.36. The summed E-state index contributed by atoms with van der Waals surface area (Å²) in [5.74, 6) is -3.28. The van der Waals surface area contributed by atoms with E-state index in [-0.39, 0.29) is 36.3 Å². The van der Waals surface area contributed by atoms with Gasteiger partial charge < -0.3 is 35.8 Å². The summed E-state index contributed by atoms with van der Waals surface area (Å²) >= 11 is 6.02. The summed E-state index contributed by atoms with van der Waals surface area (Å²) in [6.07, 6.45) is -1.96. The number of ketones is 1. The maximum absolute atomic E-state index is 13.0. The molecule has 2 fully saturated rings. The number of aromatic nitrogens is 3. The summed E-state index contributed by atoms with van der Waals surface area (Å²) in [6.45, 7) is -1.62. The first kappa shape index (κ1) is 38.2. The number of methoxy groups -OCH3 is 1. The minimum atomic E-state index is -4.64. The minimum absolute atomic E-state index is 0.0317. The van der Waals surface area contributed by atoms with E-state index in [1.807, 2.05) is 12.1 Å². The van der Waals surface area contributed by atoms with Gasteiger partial charge in [-0.3, -0.25) is 14.4 Å². The molecule has 1 heterocycles. The zero-order valence-electron chi connectivity index (χ0n) is 28.0. The number of aliphatic hydroxyl groups is 1. The number of benzene rings is 2. The molecule has 1 aromatic heterocycles. The van der Waals surface area contributed by atoms with Crippen molar-refractivity contribution in [2.24, 2.45) is 0 Å².